The molecule has 0 radical (unpaired) electrons. The Balaban J connectivity index is 1.48. The molecule has 3 aliphatic rings. The van der Waals surface area contributed by atoms with Gasteiger partial charge in [0.25, 0.3) is 0 Å². The maximum atomic E-state index is 15.0. The highest BCUT2D eigenvalue weighted by atomic mass is 19.2. The van der Waals surface area contributed by atoms with Gasteiger partial charge in [0.1, 0.15) is 0 Å². The van der Waals surface area contributed by atoms with E-state index in [0.717, 1.165) is 49.0 Å². The van der Waals surface area contributed by atoms with E-state index >= 15 is 0 Å². The second-order valence-electron chi connectivity index (χ2n) is 9.93. The molecule has 0 aliphatic heterocycles. The van der Waals surface area contributed by atoms with Gasteiger partial charge < -0.3 is 0 Å². The molecule has 0 N–H and O–H groups in total. The van der Waals surface area contributed by atoms with Gasteiger partial charge in [0.2, 0.25) is 0 Å². The molecule has 2 fully saturated rings. The van der Waals surface area contributed by atoms with Crippen LogP contribution in [0.25, 0.3) is 0 Å². The van der Waals surface area contributed by atoms with Crippen LogP contribution in [0.1, 0.15) is 101 Å². The molecular weight excluding hydrogens is 338 g/mol. The van der Waals surface area contributed by atoms with Crippen LogP contribution in [-0.2, 0) is 12.8 Å². The molecule has 0 spiro atoms. The van der Waals surface area contributed by atoms with E-state index in [2.05, 4.69) is 19.9 Å². The van der Waals surface area contributed by atoms with E-state index in [4.69, 9.17) is 0 Å². The monoisotopic (exact) mass is 374 g/mol. The third-order valence-corrected chi connectivity index (χ3v) is 8.01. The molecule has 27 heavy (non-hydrogen) atoms. The van der Waals surface area contributed by atoms with Crippen molar-refractivity contribution in [2.45, 2.75) is 96.8 Å². The summed E-state index contributed by atoms with van der Waals surface area (Å²) < 4.78 is 29.8. The van der Waals surface area contributed by atoms with Crippen LogP contribution in [-0.4, -0.2) is 0 Å². The molecule has 3 aliphatic carbocycles. The minimum atomic E-state index is -0.528. The lowest BCUT2D eigenvalue weighted by Gasteiger charge is -2.42. The summed E-state index contributed by atoms with van der Waals surface area (Å²) in [6, 6.07) is 2.05. The first-order valence-electron chi connectivity index (χ1n) is 11.6. The van der Waals surface area contributed by atoms with Gasteiger partial charge in [0, 0.05) is 0 Å². The molecule has 1 aromatic rings. The highest BCUT2D eigenvalue weighted by molar-refractivity contribution is 5.38. The largest absolute Gasteiger partial charge is 0.203 e. The standard InChI is InChI=1S/C25H36F2/c1-3-4-5-17-7-9-19-14-20(11-10-18(19)13-17)23-15-21-8-6-16(2)12-22(21)24(26)25(23)27/h15-20H,3-14H2,1-2H3. The van der Waals surface area contributed by atoms with E-state index in [9.17, 15) is 8.78 Å². The Hall–Kier alpha value is -0.920. The normalized spacial score (nSPS) is 33.4. The Labute approximate surface area is 164 Å². The number of hydrogen-bond acceptors (Lipinski definition) is 0. The summed E-state index contributed by atoms with van der Waals surface area (Å²) in [6.07, 6.45) is 14.2. The number of rotatable bonds is 4. The van der Waals surface area contributed by atoms with Gasteiger partial charge in [0.15, 0.2) is 11.6 Å². The highest BCUT2D eigenvalue weighted by Crippen LogP contribution is 2.49. The van der Waals surface area contributed by atoms with E-state index in [1.54, 1.807) is 0 Å². The minimum absolute atomic E-state index is 0.234. The van der Waals surface area contributed by atoms with Crippen molar-refractivity contribution < 1.29 is 8.78 Å². The smallest absolute Gasteiger partial charge is 0.162 e. The molecule has 0 aromatic heterocycles. The van der Waals surface area contributed by atoms with Crippen LogP contribution in [0.15, 0.2) is 6.07 Å². The number of fused-ring (bicyclic) bond motifs is 2. The SMILES string of the molecule is CCCCC1CCC2CC(c3cc4c(c(F)c3F)CC(C)CC4)CCC2C1. The predicted octanol–water partition coefficient (Wildman–Crippen LogP) is 7.58. The molecule has 5 unspecified atom stereocenters. The molecule has 0 saturated heterocycles. The van der Waals surface area contributed by atoms with Crippen molar-refractivity contribution in [3.8, 4) is 0 Å². The second-order valence-corrected chi connectivity index (χ2v) is 9.93. The van der Waals surface area contributed by atoms with Gasteiger partial charge in [-0.1, -0.05) is 45.6 Å². The van der Waals surface area contributed by atoms with Crippen molar-refractivity contribution in [2.75, 3.05) is 0 Å². The minimum Gasteiger partial charge on any atom is -0.203 e. The molecule has 1 aromatic carbocycles. The first-order chi connectivity index (χ1) is 13.1. The Morgan fingerprint density at radius 3 is 2.56 bits per heavy atom. The maximum absolute atomic E-state index is 15.0. The lowest BCUT2D eigenvalue weighted by atomic mass is 9.63. The summed E-state index contributed by atoms with van der Waals surface area (Å²) in [7, 11) is 0. The van der Waals surface area contributed by atoms with Crippen molar-refractivity contribution in [2.24, 2.45) is 23.7 Å². The molecule has 2 heteroatoms. The highest BCUT2D eigenvalue weighted by Gasteiger charge is 2.37. The number of halogens is 2. The Kier molecular flexibility index (Phi) is 5.90. The zero-order valence-electron chi connectivity index (χ0n) is 17.2. The Bertz CT molecular complexity index is 665. The number of benzene rings is 1. The van der Waals surface area contributed by atoms with E-state index in [1.807, 2.05) is 0 Å². The van der Waals surface area contributed by atoms with Crippen LogP contribution >= 0.6 is 0 Å². The van der Waals surface area contributed by atoms with Gasteiger partial charge in [-0.05, 0) is 97.6 Å². The summed E-state index contributed by atoms with van der Waals surface area (Å²) in [5.41, 5.74) is 2.46. The van der Waals surface area contributed by atoms with Crippen molar-refractivity contribution in [1.82, 2.24) is 0 Å². The van der Waals surface area contributed by atoms with E-state index < -0.39 is 11.6 Å². The fourth-order valence-electron chi connectivity index (χ4n) is 6.36. The molecule has 0 amide bonds. The summed E-state index contributed by atoms with van der Waals surface area (Å²) >= 11 is 0. The van der Waals surface area contributed by atoms with Crippen LogP contribution in [0.5, 0.6) is 0 Å². The lowest BCUT2D eigenvalue weighted by Crippen LogP contribution is -2.31. The summed E-state index contributed by atoms with van der Waals surface area (Å²) in [4.78, 5) is 0. The number of hydrogen-bond donors (Lipinski definition) is 0. The van der Waals surface area contributed by atoms with Gasteiger partial charge in [0.05, 0.1) is 0 Å². The molecule has 150 valence electrons. The van der Waals surface area contributed by atoms with Crippen LogP contribution in [0, 0.1) is 35.3 Å². The van der Waals surface area contributed by atoms with Crippen LogP contribution in [0.3, 0.4) is 0 Å². The average molecular weight is 375 g/mol. The molecule has 0 bridgehead atoms. The van der Waals surface area contributed by atoms with Crippen molar-refractivity contribution in [3.05, 3.63) is 34.4 Å². The number of unbranched alkanes of at least 4 members (excludes halogenated alkanes) is 1. The van der Waals surface area contributed by atoms with Crippen molar-refractivity contribution in [1.29, 1.82) is 0 Å². The van der Waals surface area contributed by atoms with E-state index in [0.29, 0.717) is 23.5 Å². The Morgan fingerprint density at radius 1 is 0.963 bits per heavy atom. The molecule has 0 heterocycles. The predicted molar refractivity (Wildman–Crippen MR) is 108 cm³/mol. The lowest BCUT2D eigenvalue weighted by molar-refractivity contribution is 0.112. The quantitative estimate of drug-likeness (QED) is 0.509. The van der Waals surface area contributed by atoms with Crippen molar-refractivity contribution >= 4 is 0 Å². The third-order valence-electron chi connectivity index (χ3n) is 8.01. The molecule has 0 nitrogen and oxygen atoms in total. The fourth-order valence-corrected chi connectivity index (χ4v) is 6.36. The summed E-state index contributed by atoms with van der Waals surface area (Å²) in [6.45, 7) is 4.43. The van der Waals surface area contributed by atoms with Gasteiger partial charge in [-0.3, -0.25) is 0 Å². The summed E-state index contributed by atoms with van der Waals surface area (Å²) in [5.74, 6) is 2.14. The zero-order valence-corrected chi connectivity index (χ0v) is 17.2. The number of aryl methyl sites for hydroxylation is 1. The average Bonchev–Trinajstić information content (AvgIpc) is 2.69. The summed E-state index contributed by atoms with van der Waals surface area (Å²) in [5, 5.41) is 0. The van der Waals surface area contributed by atoms with Crippen LogP contribution in [0.4, 0.5) is 8.78 Å². The fraction of sp³-hybridized carbons (Fsp3) is 0.760. The van der Waals surface area contributed by atoms with Gasteiger partial charge >= 0.3 is 0 Å². The molecule has 5 atom stereocenters. The van der Waals surface area contributed by atoms with Gasteiger partial charge in [-0.2, -0.15) is 0 Å². The first kappa shape index (κ1) is 19.4. The molecule has 4 rings (SSSR count). The van der Waals surface area contributed by atoms with Gasteiger partial charge in [-0.15, -0.1) is 0 Å². The zero-order chi connectivity index (χ0) is 19.0. The topological polar surface area (TPSA) is 0 Å². The first-order valence-corrected chi connectivity index (χ1v) is 11.6. The molecule has 2 saturated carbocycles. The Morgan fingerprint density at radius 2 is 1.74 bits per heavy atom. The van der Waals surface area contributed by atoms with E-state index in [-0.39, 0.29) is 5.92 Å². The van der Waals surface area contributed by atoms with Crippen molar-refractivity contribution in [3.63, 3.8) is 0 Å². The van der Waals surface area contributed by atoms with Gasteiger partial charge in [-0.25, -0.2) is 8.78 Å². The van der Waals surface area contributed by atoms with Crippen LogP contribution in [0.2, 0.25) is 0 Å². The third kappa shape index (κ3) is 3.96. The molecular formula is C25H36F2. The maximum Gasteiger partial charge on any atom is 0.162 e. The second kappa shape index (κ2) is 8.21. The van der Waals surface area contributed by atoms with E-state index in [1.165, 1.54) is 44.9 Å². The van der Waals surface area contributed by atoms with Crippen LogP contribution < -0.4 is 0 Å².